The van der Waals surface area contributed by atoms with E-state index in [1.165, 1.54) is 11.8 Å². The van der Waals surface area contributed by atoms with Crippen molar-refractivity contribution in [3.05, 3.63) is 44.7 Å². The van der Waals surface area contributed by atoms with Crippen LogP contribution in [0.15, 0.2) is 33.6 Å². The van der Waals surface area contributed by atoms with Crippen molar-refractivity contribution in [2.75, 3.05) is 25.0 Å². The second-order valence-corrected chi connectivity index (χ2v) is 6.73. The fraction of sp³-hybridized carbons (Fsp3) is 0.375. The number of likely N-dealkylation sites (N-methyl/N-ethyl adjacent to an activating group) is 1. The van der Waals surface area contributed by atoms with E-state index in [2.05, 4.69) is 61.8 Å². The first-order chi connectivity index (χ1) is 11.1. The van der Waals surface area contributed by atoms with Crippen LogP contribution in [0.1, 0.15) is 35.8 Å². The van der Waals surface area contributed by atoms with Crippen molar-refractivity contribution in [3.63, 3.8) is 0 Å². The number of primary amides is 1. The Bertz CT molecular complexity index is 644. The molecule has 1 unspecified atom stereocenters. The maximum Gasteiger partial charge on any atom is 0.250 e. The first-order valence-corrected chi connectivity index (χ1v) is 9.25. The first kappa shape index (κ1) is 17.9. The number of nitrogens with zero attached hydrogens (tertiary/aromatic N) is 2. The van der Waals surface area contributed by atoms with Crippen LogP contribution >= 0.6 is 27.3 Å². The number of pyridine rings is 1. The number of hydrogen-bond donors (Lipinski definition) is 2. The zero-order valence-corrected chi connectivity index (χ0v) is 15.7. The molecule has 1 atom stereocenters. The van der Waals surface area contributed by atoms with Gasteiger partial charge in [-0.3, -0.25) is 9.69 Å². The maximum atomic E-state index is 11.2. The third kappa shape index (κ3) is 4.53. The van der Waals surface area contributed by atoms with E-state index in [0.29, 0.717) is 11.4 Å². The number of carbonyl (C=O) groups is 1. The highest BCUT2D eigenvalue weighted by Gasteiger charge is 2.19. The molecule has 0 fully saturated rings. The topological polar surface area (TPSA) is 71.2 Å². The first-order valence-electron chi connectivity index (χ1n) is 7.52. The standard InChI is InChI=1S/C16H21BrN4OS/c1-3-21(4-2)14(11-5-6-23-10-11)9-20-16-13(17)7-12(8-19-16)15(18)22/h5-8,10,14H,3-4,9H2,1-2H3,(H2,18,22)(H,19,20). The molecule has 0 radical (unpaired) electrons. The number of nitrogens with one attached hydrogen (secondary N) is 1. The van der Waals surface area contributed by atoms with Crippen LogP contribution in [0.25, 0.3) is 0 Å². The lowest BCUT2D eigenvalue weighted by Gasteiger charge is -2.29. The van der Waals surface area contributed by atoms with Gasteiger partial charge in [-0.2, -0.15) is 11.3 Å². The summed E-state index contributed by atoms with van der Waals surface area (Å²) in [6.07, 6.45) is 1.49. The van der Waals surface area contributed by atoms with Crippen LogP contribution in [0.2, 0.25) is 0 Å². The SMILES string of the molecule is CCN(CC)C(CNc1ncc(C(N)=O)cc1Br)c1ccsc1. The van der Waals surface area contributed by atoms with Gasteiger partial charge in [-0.05, 0) is 57.5 Å². The van der Waals surface area contributed by atoms with Gasteiger partial charge in [-0.1, -0.05) is 13.8 Å². The molecule has 0 aliphatic carbocycles. The van der Waals surface area contributed by atoms with Crippen molar-refractivity contribution >= 4 is 39.0 Å². The highest BCUT2D eigenvalue weighted by molar-refractivity contribution is 9.10. The van der Waals surface area contributed by atoms with Gasteiger partial charge in [0.15, 0.2) is 0 Å². The Morgan fingerprint density at radius 1 is 1.48 bits per heavy atom. The van der Waals surface area contributed by atoms with E-state index < -0.39 is 5.91 Å². The fourth-order valence-electron chi connectivity index (χ4n) is 2.48. The predicted molar refractivity (Wildman–Crippen MR) is 98.9 cm³/mol. The van der Waals surface area contributed by atoms with Crippen LogP contribution in [0, 0.1) is 0 Å². The fourth-order valence-corrected chi connectivity index (χ4v) is 3.68. The predicted octanol–water partition coefficient (Wildman–Crippen LogP) is 3.50. The minimum absolute atomic E-state index is 0.278. The minimum atomic E-state index is -0.482. The molecule has 124 valence electrons. The number of aromatic nitrogens is 1. The summed E-state index contributed by atoms with van der Waals surface area (Å²) in [4.78, 5) is 17.9. The minimum Gasteiger partial charge on any atom is -0.367 e. The lowest BCUT2D eigenvalue weighted by atomic mass is 10.1. The van der Waals surface area contributed by atoms with E-state index in [1.807, 2.05) is 0 Å². The van der Waals surface area contributed by atoms with Crippen molar-refractivity contribution in [2.45, 2.75) is 19.9 Å². The van der Waals surface area contributed by atoms with E-state index in [0.717, 1.165) is 24.1 Å². The molecule has 7 heteroatoms. The van der Waals surface area contributed by atoms with E-state index in [4.69, 9.17) is 5.73 Å². The van der Waals surface area contributed by atoms with Crippen LogP contribution in [-0.4, -0.2) is 35.4 Å². The normalized spacial score (nSPS) is 12.3. The Labute approximate surface area is 149 Å². The molecule has 0 bridgehead atoms. The Balaban J connectivity index is 2.14. The number of anilines is 1. The van der Waals surface area contributed by atoms with Gasteiger partial charge in [0.05, 0.1) is 16.1 Å². The number of hydrogen-bond acceptors (Lipinski definition) is 5. The van der Waals surface area contributed by atoms with E-state index >= 15 is 0 Å². The average Bonchev–Trinajstić information content (AvgIpc) is 3.06. The van der Waals surface area contributed by atoms with E-state index in [9.17, 15) is 4.79 Å². The molecule has 0 aliphatic rings. The molecule has 0 aromatic carbocycles. The molecular formula is C16H21BrN4OS. The molecule has 5 nitrogen and oxygen atoms in total. The lowest BCUT2D eigenvalue weighted by Crippen LogP contribution is -2.33. The summed E-state index contributed by atoms with van der Waals surface area (Å²) < 4.78 is 0.734. The number of nitrogens with two attached hydrogens (primary N) is 1. The molecule has 2 heterocycles. The Kier molecular flexibility index (Phi) is 6.56. The van der Waals surface area contributed by atoms with Gasteiger partial charge in [-0.15, -0.1) is 0 Å². The smallest absolute Gasteiger partial charge is 0.250 e. The molecule has 1 amide bonds. The number of amides is 1. The van der Waals surface area contributed by atoms with Gasteiger partial charge in [0.25, 0.3) is 0 Å². The van der Waals surface area contributed by atoms with Gasteiger partial charge in [-0.25, -0.2) is 4.98 Å². The molecule has 23 heavy (non-hydrogen) atoms. The average molecular weight is 397 g/mol. The highest BCUT2D eigenvalue weighted by atomic mass is 79.9. The Morgan fingerprint density at radius 3 is 2.74 bits per heavy atom. The second-order valence-electron chi connectivity index (χ2n) is 5.09. The third-order valence-electron chi connectivity index (χ3n) is 3.77. The number of rotatable bonds is 8. The largest absolute Gasteiger partial charge is 0.367 e. The third-order valence-corrected chi connectivity index (χ3v) is 5.08. The van der Waals surface area contributed by atoms with Crippen LogP contribution in [-0.2, 0) is 0 Å². The lowest BCUT2D eigenvalue weighted by molar-refractivity contribution is 0.1000. The molecule has 3 N–H and O–H groups in total. The zero-order chi connectivity index (χ0) is 16.8. The van der Waals surface area contributed by atoms with Crippen molar-refractivity contribution in [1.82, 2.24) is 9.88 Å². The summed E-state index contributed by atoms with van der Waals surface area (Å²) in [5.74, 6) is 0.228. The van der Waals surface area contributed by atoms with Crippen LogP contribution < -0.4 is 11.1 Å². The zero-order valence-electron chi connectivity index (χ0n) is 13.3. The van der Waals surface area contributed by atoms with Crippen molar-refractivity contribution < 1.29 is 4.79 Å². The van der Waals surface area contributed by atoms with Crippen molar-refractivity contribution in [2.24, 2.45) is 5.73 Å². The quantitative estimate of drug-likeness (QED) is 0.715. The maximum absolute atomic E-state index is 11.2. The molecule has 0 saturated heterocycles. The highest BCUT2D eigenvalue weighted by Crippen LogP contribution is 2.26. The van der Waals surface area contributed by atoms with E-state index in [-0.39, 0.29) is 6.04 Å². The van der Waals surface area contributed by atoms with Crippen LogP contribution in [0.3, 0.4) is 0 Å². The van der Waals surface area contributed by atoms with Crippen LogP contribution in [0.4, 0.5) is 5.82 Å². The summed E-state index contributed by atoms with van der Waals surface area (Å²) in [5, 5.41) is 7.65. The van der Waals surface area contributed by atoms with E-state index in [1.54, 1.807) is 17.4 Å². The number of carbonyl (C=O) groups excluding carboxylic acids is 1. The summed E-state index contributed by atoms with van der Waals surface area (Å²) in [5.41, 5.74) is 6.96. The summed E-state index contributed by atoms with van der Waals surface area (Å²) in [7, 11) is 0. The second kappa shape index (κ2) is 8.42. The molecular weight excluding hydrogens is 376 g/mol. The van der Waals surface area contributed by atoms with Gasteiger partial charge >= 0.3 is 0 Å². The summed E-state index contributed by atoms with van der Waals surface area (Å²) in [6.45, 7) is 7.03. The Morgan fingerprint density at radius 2 is 2.22 bits per heavy atom. The van der Waals surface area contributed by atoms with Gasteiger partial charge in [0, 0.05) is 12.7 Å². The molecule has 0 saturated carbocycles. The summed E-state index contributed by atoms with van der Waals surface area (Å²) in [6, 6.07) is 4.13. The molecule has 0 aliphatic heterocycles. The molecule has 2 aromatic heterocycles. The van der Waals surface area contributed by atoms with Gasteiger partial charge in [0.1, 0.15) is 5.82 Å². The number of halogens is 1. The van der Waals surface area contributed by atoms with Gasteiger partial charge < -0.3 is 11.1 Å². The van der Waals surface area contributed by atoms with Gasteiger partial charge in [0.2, 0.25) is 5.91 Å². The van der Waals surface area contributed by atoms with Crippen molar-refractivity contribution in [3.8, 4) is 0 Å². The van der Waals surface area contributed by atoms with Crippen molar-refractivity contribution in [1.29, 1.82) is 0 Å². The molecule has 0 spiro atoms. The summed E-state index contributed by atoms with van der Waals surface area (Å²) >= 11 is 5.15. The molecule has 2 rings (SSSR count). The Hall–Kier alpha value is -1.44. The number of thiophene rings is 1. The monoisotopic (exact) mass is 396 g/mol. The molecule has 2 aromatic rings. The van der Waals surface area contributed by atoms with Crippen LogP contribution in [0.5, 0.6) is 0 Å².